The number of fused-ring (bicyclic) bond motifs is 1. The van der Waals surface area contributed by atoms with Gasteiger partial charge in [-0.2, -0.15) is 0 Å². The third-order valence-electron chi connectivity index (χ3n) is 3.13. The van der Waals surface area contributed by atoms with Crippen LogP contribution in [0.1, 0.15) is 0 Å². The zero-order valence-electron chi connectivity index (χ0n) is 10.5. The number of benzene rings is 2. The molecule has 0 aliphatic heterocycles. The molecule has 1 heterocycles. The predicted molar refractivity (Wildman–Crippen MR) is 70.2 cm³/mol. The van der Waals surface area contributed by atoms with Crippen molar-refractivity contribution >= 4 is 10.9 Å². The summed E-state index contributed by atoms with van der Waals surface area (Å²) in [5.74, 6) is -3.28. The van der Waals surface area contributed by atoms with Gasteiger partial charge < -0.3 is 9.72 Å². The first-order valence-corrected chi connectivity index (χ1v) is 5.91. The van der Waals surface area contributed by atoms with Crippen LogP contribution in [0.15, 0.2) is 36.4 Å². The minimum atomic E-state index is -1.47. The number of hydrogen-bond donors (Lipinski definition) is 1. The SMILES string of the molecule is COc1cccc2cc(-c3cc(F)c(F)c(F)c3)[nH]c12. The van der Waals surface area contributed by atoms with Crippen LogP contribution in [0.2, 0.25) is 0 Å². The second-order valence-electron chi connectivity index (χ2n) is 4.36. The molecule has 0 aliphatic rings. The van der Waals surface area contributed by atoms with Gasteiger partial charge in [0.2, 0.25) is 0 Å². The van der Waals surface area contributed by atoms with E-state index in [9.17, 15) is 13.2 Å². The molecule has 5 heteroatoms. The summed E-state index contributed by atoms with van der Waals surface area (Å²) < 4.78 is 44.7. The molecule has 1 aromatic heterocycles. The molecule has 0 saturated carbocycles. The van der Waals surface area contributed by atoms with Crippen LogP contribution in [-0.4, -0.2) is 12.1 Å². The minimum absolute atomic E-state index is 0.236. The molecule has 0 amide bonds. The number of H-pyrrole nitrogens is 1. The molecule has 2 aromatic carbocycles. The van der Waals surface area contributed by atoms with Gasteiger partial charge in [-0.15, -0.1) is 0 Å². The maximum absolute atomic E-state index is 13.3. The molecule has 0 saturated heterocycles. The third-order valence-corrected chi connectivity index (χ3v) is 3.13. The number of rotatable bonds is 2. The molecular formula is C15H10F3NO. The van der Waals surface area contributed by atoms with Crippen molar-refractivity contribution in [1.29, 1.82) is 0 Å². The fourth-order valence-corrected chi connectivity index (χ4v) is 2.17. The Kier molecular flexibility index (Phi) is 2.89. The maximum atomic E-state index is 13.3. The second kappa shape index (κ2) is 4.59. The number of aromatic nitrogens is 1. The van der Waals surface area contributed by atoms with Crippen LogP contribution < -0.4 is 4.74 Å². The fraction of sp³-hybridized carbons (Fsp3) is 0.0667. The van der Waals surface area contributed by atoms with E-state index in [0.717, 1.165) is 23.0 Å². The quantitative estimate of drug-likeness (QED) is 0.695. The zero-order valence-corrected chi connectivity index (χ0v) is 10.5. The van der Waals surface area contributed by atoms with Crippen LogP contribution in [0.3, 0.4) is 0 Å². The minimum Gasteiger partial charge on any atom is -0.495 e. The van der Waals surface area contributed by atoms with E-state index in [0.29, 0.717) is 11.4 Å². The molecule has 2 nitrogen and oxygen atoms in total. The molecule has 0 radical (unpaired) electrons. The third kappa shape index (κ3) is 1.91. The van der Waals surface area contributed by atoms with Crippen molar-refractivity contribution in [3.8, 4) is 17.0 Å². The summed E-state index contributed by atoms with van der Waals surface area (Å²) in [5, 5.41) is 0.837. The maximum Gasteiger partial charge on any atom is 0.194 e. The van der Waals surface area contributed by atoms with E-state index in [-0.39, 0.29) is 5.56 Å². The molecule has 3 aromatic rings. The van der Waals surface area contributed by atoms with Gasteiger partial charge >= 0.3 is 0 Å². The lowest BCUT2D eigenvalue weighted by Gasteiger charge is -2.02. The first-order chi connectivity index (χ1) is 9.60. The molecule has 1 N–H and O–H groups in total. The van der Waals surface area contributed by atoms with Crippen molar-refractivity contribution in [2.75, 3.05) is 7.11 Å². The molecule has 0 fully saturated rings. The highest BCUT2D eigenvalue weighted by atomic mass is 19.2. The zero-order chi connectivity index (χ0) is 14.3. The molecule has 0 spiro atoms. The van der Waals surface area contributed by atoms with Gasteiger partial charge in [-0.3, -0.25) is 0 Å². The van der Waals surface area contributed by atoms with E-state index in [2.05, 4.69) is 4.98 Å². The summed E-state index contributed by atoms with van der Waals surface area (Å²) in [6, 6.07) is 9.06. The van der Waals surface area contributed by atoms with Crippen molar-refractivity contribution in [3.05, 3.63) is 53.8 Å². The normalized spacial score (nSPS) is 11.0. The molecule has 20 heavy (non-hydrogen) atoms. The highest BCUT2D eigenvalue weighted by Gasteiger charge is 2.13. The summed E-state index contributed by atoms with van der Waals surface area (Å²) in [6.07, 6.45) is 0. The number of methoxy groups -OCH3 is 1. The summed E-state index contributed by atoms with van der Waals surface area (Å²) in [7, 11) is 1.53. The Morgan fingerprint density at radius 1 is 1.00 bits per heavy atom. The van der Waals surface area contributed by atoms with E-state index in [1.54, 1.807) is 12.1 Å². The topological polar surface area (TPSA) is 25.0 Å². The van der Waals surface area contributed by atoms with E-state index >= 15 is 0 Å². The van der Waals surface area contributed by atoms with Crippen LogP contribution in [0, 0.1) is 17.5 Å². The van der Waals surface area contributed by atoms with E-state index in [1.807, 2.05) is 12.1 Å². The summed E-state index contributed by atoms with van der Waals surface area (Å²) in [6.45, 7) is 0. The van der Waals surface area contributed by atoms with Gasteiger partial charge in [0.25, 0.3) is 0 Å². The average Bonchev–Trinajstić information content (AvgIpc) is 2.88. The molecule has 0 unspecified atom stereocenters. The van der Waals surface area contributed by atoms with Gasteiger partial charge in [0, 0.05) is 16.6 Å². The van der Waals surface area contributed by atoms with Crippen LogP contribution in [0.25, 0.3) is 22.2 Å². The van der Waals surface area contributed by atoms with E-state index in [4.69, 9.17) is 4.74 Å². The number of ether oxygens (including phenoxy) is 1. The summed E-state index contributed by atoms with van der Waals surface area (Å²) in [5.41, 5.74) is 1.44. The van der Waals surface area contributed by atoms with Crippen molar-refractivity contribution < 1.29 is 17.9 Å². The Labute approximate surface area is 112 Å². The number of halogens is 3. The van der Waals surface area contributed by atoms with Crippen molar-refractivity contribution in [2.45, 2.75) is 0 Å². The lowest BCUT2D eigenvalue weighted by molar-refractivity contribution is 0.419. The Morgan fingerprint density at radius 3 is 2.35 bits per heavy atom. The largest absolute Gasteiger partial charge is 0.495 e. The lowest BCUT2D eigenvalue weighted by Crippen LogP contribution is -1.91. The van der Waals surface area contributed by atoms with Gasteiger partial charge in [-0.05, 0) is 24.3 Å². The number of aromatic amines is 1. The van der Waals surface area contributed by atoms with Crippen LogP contribution >= 0.6 is 0 Å². The fourth-order valence-electron chi connectivity index (χ4n) is 2.17. The first-order valence-electron chi connectivity index (χ1n) is 5.91. The first kappa shape index (κ1) is 12.6. The average molecular weight is 277 g/mol. The Balaban J connectivity index is 2.20. The smallest absolute Gasteiger partial charge is 0.194 e. The second-order valence-corrected chi connectivity index (χ2v) is 4.36. The van der Waals surface area contributed by atoms with Crippen molar-refractivity contribution in [2.24, 2.45) is 0 Å². The Hall–Kier alpha value is -2.43. The molecule has 0 aliphatic carbocycles. The monoisotopic (exact) mass is 277 g/mol. The van der Waals surface area contributed by atoms with Crippen LogP contribution in [0.5, 0.6) is 5.75 Å². The summed E-state index contributed by atoms with van der Waals surface area (Å²) in [4.78, 5) is 3.02. The molecule has 0 atom stereocenters. The standard InChI is InChI=1S/C15H10F3NO/c1-20-13-4-2-3-8-7-12(19-15(8)13)9-5-10(16)14(18)11(17)6-9/h2-7,19H,1H3. The van der Waals surface area contributed by atoms with E-state index < -0.39 is 17.5 Å². The number of hydrogen-bond acceptors (Lipinski definition) is 1. The van der Waals surface area contributed by atoms with Crippen molar-refractivity contribution in [3.63, 3.8) is 0 Å². The van der Waals surface area contributed by atoms with Crippen LogP contribution in [0.4, 0.5) is 13.2 Å². The van der Waals surface area contributed by atoms with Gasteiger partial charge in [-0.25, -0.2) is 13.2 Å². The lowest BCUT2D eigenvalue weighted by atomic mass is 10.1. The van der Waals surface area contributed by atoms with Gasteiger partial charge in [0.05, 0.1) is 12.6 Å². The van der Waals surface area contributed by atoms with Crippen molar-refractivity contribution in [1.82, 2.24) is 4.98 Å². The predicted octanol–water partition coefficient (Wildman–Crippen LogP) is 4.26. The Bertz CT molecular complexity index is 772. The van der Waals surface area contributed by atoms with Gasteiger partial charge in [-0.1, -0.05) is 12.1 Å². The molecule has 0 bridgehead atoms. The summed E-state index contributed by atoms with van der Waals surface area (Å²) >= 11 is 0. The molecule has 102 valence electrons. The van der Waals surface area contributed by atoms with Gasteiger partial charge in [0.1, 0.15) is 5.75 Å². The molecular weight excluding hydrogens is 267 g/mol. The van der Waals surface area contributed by atoms with E-state index in [1.165, 1.54) is 7.11 Å². The van der Waals surface area contributed by atoms with Crippen LogP contribution in [-0.2, 0) is 0 Å². The highest BCUT2D eigenvalue weighted by molar-refractivity contribution is 5.90. The highest BCUT2D eigenvalue weighted by Crippen LogP contribution is 2.31. The van der Waals surface area contributed by atoms with Gasteiger partial charge in [0.15, 0.2) is 17.5 Å². The molecule has 3 rings (SSSR count). The number of para-hydroxylation sites is 1. The number of nitrogens with one attached hydrogen (secondary N) is 1. The Morgan fingerprint density at radius 2 is 1.70 bits per heavy atom.